The molecule has 0 N–H and O–H groups in total. The highest BCUT2D eigenvalue weighted by Crippen LogP contribution is 2.38. The van der Waals surface area contributed by atoms with E-state index in [0.717, 1.165) is 11.6 Å². The van der Waals surface area contributed by atoms with Crippen molar-refractivity contribution in [3.63, 3.8) is 0 Å². The number of ether oxygens (including phenoxy) is 1. The second-order valence-corrected chi connectivity index (χ2v) is 6.73. The van der Waals surface area contributed by atoms with Crippen LogP contribution in [-0.4, -0.2) is 42.4 Å². The lowest BCUT2D eigenvalue weighted by atomic mass is 9.93. The van der Waals surface area contributed by atoms with Crippen LogP contribution in [-0.2, 0) is 4.74 Å². The summed E-state index contributed by atoms with van der Waals surface area (Å²) in [6.07, 6.45) is -0.819. The van der Waals surface area contributed by atoms with Crippen molar-refractivity contribution in [2.45, 2.75) is 19.0 Å². The second-order valence-electron chi connectivity index (χ2n) is 6.73. The molecule has 4 nitrogen and oxygen atoms in total. The quantitative estimate of drug-likeness (QED) is 0.769. The van der Waals surface area contributed by atoms with Crippen molar-refractivity contribution in [3.8, 4) is 11.3 Å². The van der Waals surface area contributed by atoms with Crippen molar-refractivity contribution in [2.75, 3.05) is 31.2 Å². The summed E-state index contributed by atoms with van der Waals surface area (Å²) in [7, 11) is 0. The molecule has 4 rings (SSSR count). The molecule has 146 valence electrons. The van der Waals surface area contributed by atoms with Gasteiger partial charge >= 0.3 is 6.18 Å². The Balaban J connectivity index is 1.86. The lowest BCUT2D eigenvalue weighted by Gasteiger charge is -2.28. The molecular formula is C21H20F3N3O. The molecular weight excluding hydrogens is 367 g/mol. The van der Waals surface area contributed by atoms with Gasteiger partial charge in [-0.15, -0.1) is 0 Å². The second kappa shape index (κ2) is 7.75. The first-order valence-corrected chi connectivity index (χ1v) is 9.27. The van der Waals surface area contributed by atoms with Gasteiger partial charge in [-0.3, -0.25) is 0 Å². The van der Waals surface area contributed by atoms with Crippen molar-refractivity contribution in [1.82, 2.24) is 9.97 Å². The third kappa shape index (κ3) is 3.94. The lowest BCUT2D eigenvalue weighted by Crippen LogP contribution is -2.37. The van der Waals surface area contributed by atoms with Gasteiger partial charge in [0.15, 0.2) is 0 Å². The molecule has 1 aromatic heterocycles. The summed E-state index contributed by atoms with van der Waals surface area (Å²) in [6, 6.07) is 11.1. The van der Waals surface area contributed by atoms with Gasteiger partial charge in [0.05, 0.1) is 30.2 Å². The van der Waals surface area contributed by atoms with Crippen LogP contribution in [0.3, 0.4) is 0 Å². The van der Waals surface area contributed by atoms with Gasteiger partial charge in [0, 0.05) is 18.7 Å². The van der Waals surface area contributed by atoms with Gasteiger partial charge in [-0.05, 0) is 24.5 Å². The number of hydrogen-bond acceptors (Lipinski definition) is 4. The van der Waals surface area contributed by atoms with Gasteiger partial charge < -0.3 is 9.64 Å². The maximum atomic E-state index is 13.6. The Morgan fingerprint density at radius 2 is 1.68 bits per heavy atom. The Kier molecular flexibility index (Phi) is 5.17. The van der Waals surface area contributed by atoms with Crippen LogP contribution < -0.4 is 4.90 Å². The third-order valence-electron chi connectivity index (χ3n) is 4.86. The molecule has 0 bridgehead atoms. The van der Waals surface area contributed by atoms with Crippen LogP contribution in [0, 0.1) is 0 Å². The van der Waals surface area contributed by atoms with Crippen LogP contribution in [0.15, 0.2) is 54.1 Å². The summed E-state index contributed by atoms with van der Waals surface area (Å²) < 4.78 is 46.1. The van der Waals surface area contributed by atoms with E-state index in [1.165, 1.54) is 0 Å². The molecule has 0 unspecified atom stereocenters. The molecule has 0 radical (unpaired) electrons. The number of benzene rings is 1. The molecule has 0 atom stereocenters. The highest BCUT2D eigenvalue weighted by molar-refractivity contribution is 5.75. The maximum Gasteiger partial charge on any atom is 0.416 e. The molecule has 2 aromatic rings. The van der Waals surface area contributed by atoms with E-state index in [0.29, 0.717) is 56.5 Å². The Hall–Kier alpha value is -2.67. The number of morpholine rings is 1. The Morgan fingerprint density at radius 3 is 2.39 bits per heavy atom. The van der Waals surface area contributed by atoms with Gasteiger partial charge in [0.1, 0.15) is 0 Å². The third-order valence-corrected chi connectivity index (χ3v) is 4.86. The number of anilines is 1. The van der Waals surface area contributed by atoms with Crippen molar-refractivity contribution in [3.05, 3.63) is 59.8 Å². The fourth-order valence-electron chi connectivity index (χ4n) is 3.45. The smallest absolute Gasteiger partial charge is 0.378 e. The number of allylic oxidation sites excluding steroid dienone is 4. The number of alkyl halides is 3. The summed E-state index contributed by atoms with van der Waals surface area (Å²) in [5.74, 6) is 0.447. The normalized spacial score (nSPS) is 17.9. The van der Waals surface area contributed by atoms with Gasteiger partial charge in [-0.2, -0.15) is 13.2 Å². The molecule has 0 saturated carbocycles. The van der Waals surface area contributed by atoms with Crippen LogP contribution in [0.2, 0.25) is 0 Å². The van der Waals surface area contributed by atoms with Crippen molar-refractivity contribution in [1.29, 1.82) is 0 Å². The molecule has 2 aliphatic rings. The first-order valence-electron chi connectivity index (χ1n) is 9.27. The Morgan fingerprint density at radius 1 is 0.964 bits per heavy atom. The summed E-state index contributed by atoms with van der Waals surface area (Å²) >= 11 is 0. The zero-order valence-electron chi connectivity index (χ0n) is 15.2. The number of nitrogens with zero attached hydrogens (tertiary/aromatic N) is 3. The molecule has 2 heterocycles. The van der Waals surface area contributed by atoms with E-state index in [-0.39, 0.29) is 5.57 Å². The predicted molar refractivity (Wildman–Crippen MR) is 102 cm³/mol. The van der Waals surface area contributed by atoms with E-state index in [1.807, 2.05) is 35.2 Å². The first-order chi connectivity index (χ1) is 13.5. The Bertz CT molecular complexity index is 901. The number of rotatable bonds is 3. The molecule has 1 aliphatic heterocycles. The van der Waals surface area contributed by atoms with Crippen LogP contribution in [0.5, 0.6) is 0 Å². The minimum absolute atomic E-state index is 0.226. The Labute approximate surface area is 161 Å². The van der Waals surface area contributed by atoms with E-state index in [2.05, 4.69) is 9.97 Å². The largest absolute Gasteiger partial charge is 0.416 e. The van der Waals surface area contributed by atoms with E-state index in [9.17, 15) is 13.2 Å². The van der Waals surface area contributed by atoms with Crippen LogP contribution >= 0.6 is 0 Å². The number of aromatic nitrogens is 2. The SMILES string of the molecule is FC(F)(F)C1=C(c2cc(-c3ccccc3)nc(N3CCOCC3)n2)CCC=C1. The van der Waals surface area contributed by atoms with E-state index >= 15 is 0 Å². The molecule has 1 aromatic carbocycles. The highest BCUT2D eigenvalue weighted by Gasteiger charge is 2.36. The lowest BCUT2D eigenvalue weighted by molar-refractivity contribution is -0.0879. The highest BCUT2D eigenvalue weighted by atomic mass is 19.4. The molecule has 1 aliphatic carbocycles. The maximum absolute atomic E-state index is 13.6. The van der Waals surface area contributed by atoms with Crippen LogP contribution in [0.1, 0.15) is 18.5 Å². The molecule has 0 spiro atoms. The first kappa shape index (κ1) is 18.7. The van der Waals surface area contributed by atoms with Gasteiger partial charge in [0.2, 0.25) is 5.95 Å². The summed E-state index contributed by atoms with van der Waals surface area (Å²) in [6.45, 7) is 2.33. The fraction of sp³-hybridized carbons (Fsp3) is 0.333. The zero-order valence-corrected chi connectivity index (χ0v) is 15.2. The van der Waals surface area contributed by atoms with E-state index in [1.54, 1.807) is 12.1 Å². The van der Waals surface area contributed by atoms with E-state index < -0.39 is 11.7 Å². The summed E-state index contributed by atoms with van der Waals surface area (Å²) in [5, 5.41) is 0. The van der Waals surface area contributed by atoms with Gasteiger partial charge in [-0.1, -0.05) is 42.5 Å². The van der Waals surface area contributed by atoms with Crippen molar-refractivity contribution in [2.24, 2.45) is 0 Å². The standard InChI is InChI=1S/C21H20F3N3O/c22-21(23,24)17-9-5-4-8-16(17)19-14-18(15-6-2-1-3-7-15)25-20(26-19)27-10-12-28-13-11-27/h1-3,5-7,9,14H,4,8,10-13H2. The number of hydrogen-bond donors (Lipinski definition) is 0. The van der Waals surface area contributed by atoms with Crippen LogP contribution in [0.25, 0.3) is 16.8 Å². The molecule has 1 saturated heterocycles. The zero-order chi connectivity index (χ0) is 19.6. The monoisotopic (exact) mass is 387 g/mol. The fourth-order valence-corrected chi connectivity index (χ4v) is 3.45. The van der Waals surface area contributed by atoms with Crippen LogP contribution in [0.4, 0.5) is 19.1 Å². The summed E-state index contributed by atoms with van der Waals surface area (Å²) in [5.41, 5.74) is 1.41. The van der Waals surface area contributed by atoms with Crippen molar-refractivity contribution < 1.29 is 17.9 Å². The van der Waals surface area contributed by atoms with Gasteiger partial charge in [-0.25, -0.2) is 9.97 Å². The topological polar surface area (TPSA) is 38.2 Å². The minimum atomic E-state index is -4.41. The molecule has 0 amide bonds. The average Bonchev–Trinajstić information content (AvgIpc) is 2.74. The number of halogens is 3. The molecule has 7 heteroatoms. The summed E-state index contributed by atoms with van der Waals surface area (Å²) in [4.78, 5) is 11.1. The molecule has 28 heavy (non-hydrogen) atoms. The van der Waals surface area contributed by atoms with E-state index in [4.69, 9.17) is 4.74 Å². The average molecular weight is 387 g/mol. The van der Waals surface area contributed by atoms with Gasteiger partial charge in [0.25, 0.3) is 0 Å². The molecule has 1 fully saturated rings. The minimum Gasteiger partial charge on any atom is -0.378 e. The predicted octanol–water partition coefficient (Wildman–Crippen LogP) is 4.65. The van der Waals surface area contributed by atoms with Crippen molar-refractivity contribution >= 4 is 11.5 Å².